The number of fused-ring (bicyclic) bond motifs is 1. The standard InChI is InChI=1S/C17H16N2O3/c1-18-16(21)12-11-6-10-9-5-3-2-4-8(9)7-19(11)14(15(10)20)13(12)17(18)22/h2-5,10-14H,6-7H2,1H3/t10?,11-,12+,13+,14+/m1/s1. The SMILES string of the molecule is CN1C(=O)[C@@H]2[C@H](C1=O)[C@H]1C(=O)C3C[C@H]2N1Cc1ccccc13. The summed E-state index contributed by atoms with van der Waals surface area (Å²) in [4.78, 5) is 41.3. The van der Waals surface area contributed by atoms with Gasteiger partial charge in [0.15, 0.2) is 5.78 Å². The summed E-state index contributed by atoms with van der Waals surface area (Å²) < 4.78 is 0. The zero-order valence-electron chi connectivity index (χ0n) is 12.2. The first-order valence-electron chi connectivity index (χ1n) is 7.78. The number of benzene rings is 1. The minimum atomic E-state index is -0.464. The Bertz CT molecular complexity index is 743. The largest absolute Gasteiger partial charge is 0.297 e. The number of nitrogens with zero attached hydrogens (tertiary/aromatic N) is 2. The maximum atomic E-state index is 13.0. The molecule has 0 aromatic heterocycles. The van der Waals surface area contributed by atoms with Crippen LogP contribution in [0, 0.1) is 11.8 Å². The predicted molar refractivity (Wildman–Crippen MR) is 76.7 cm³/mol. The van der Waals surface area contributed by atoms with E-state index < -0.39 is 12.0 Å². The number of hydrogen-bond acceptors (Lipinski definition) is 4. The van der Waals surface area contributed by atoms with Gasteiger partial charge >= 0.3 is 0 Å². The first-order valence-corrected chi connectivity index (χ1v) is 7.78. The van der Waals surface area contributed by atoms with Crippen molar-refractivity contribution in [3.05, 3.63) is 35.4 Å². The molecule has 0 aliphatic carbocycles. The van der Waals surface area contributed by atoms with Crippen molar-refractivity contribution in [1.29, 1.82) is 0 Å². The molecular formula is C17H16N2O3. The van der Waals surface area contributed by atoms with Gasteiger partial charge in [0.2, 0.25) is 11.8 Å². The molecule has 5 heteroatoms. The summed E-state index contributed by atoms with van der Waals surface area (Å²) >= 11 is 0. The fraction of sp³-hybridized carbons (Fsp3) is 0.471. The molecule has 6 rings (SSSR count). The highest BCUT2D eigenvalue weighted by atomic mass is 16.2. The molecule has 6 atom stereocenters. The number of rotatable bonds is 0. The number of likely N-dealkylation sites (tertiary alicyclic amines) is 1. The van der Waals surface area contributed by atoms with E-state index in [0.29, 0.717) is 13.0 Å². The summed E-state index contributed by atoms with van der Waals surface area (Å²) in [5.41, 5.74) is 2.26. The highest BCUT2D eigenvalue weighted by Crippen LogP contribution is 2.53. The molecule has 5 aliphatic rings. The van der Waals surface area contributed by atoms with Gasteiger partial charge in [-0.25, -0.2) is 0 Å². The third-order valence-electron chi connectivity index (χ3n) is 6.05. The molecule has 5 nitrogen and oxygen atoms in total. The van der Waals surface area contributed by atoms with Crippen LogP contribution in [0.15, 0.2) is 24.3 Å². The second kappa shape index (κ2) is 3.84. The maximum Gasteiger partial charge on any atom is 0.234 e. The van der Waals surface area contributed by atoms with Crippen molar-refractivity contribution in [3.8, 4) is 0 Å². The molecule has 2 unspecified atom stereocenters. The fourth-order valence-electron chi connectivity index (χ4n) is 5.11. The molecular weight excluding hydrogens is 280 g/mol. The predicted octanol–water partition coefficient (Wildman–Crippen LogP) is 0.540. The van der Waals surface area contributed by atoms with Crippen LogP contribution in [0.5, 0.6) is 0 Å². The van der Waals surface area contributed by atoms with Crippen LogP contribution in [0.1, 0.15) is 23.5 Å². The van der Waals surface area contributed by atoms with E-state index in [1.165, 1.54) is 10.5 Å². The maximum absolute atomic E-state index is 13.0. The quantitative estimate of drug-likeness (QED) is 0.656. The zero-order valence-corrected chi connectivity index (χ0v) is 12.2. The van der Waals surface area contributed by atoms with E-state index in [-0.39, 0.29) is 35.5 Å². The third-order valence-corrected chi connectivity index (χ3v) is 6.05. The van der Waals surface area contributed by atoms with Gasteiger partial charge in [-0.15, -0.1) is 0 Å². The molecule has 0 radical (unpaired) electrons. The van der Waals surface area contributed by atoms with E-state index >= 15 is 0 Å². The van der Waals surface area contributed by atoms with Crippen LogP contribution < -0.4 is 0 Å². The highest BCUT2D eigenvalue weighted by Gasteiger charge is 2.67. The van der Waals surface area contributed by atoms with E-state index in [9.17, 15) is 14.4 Å². The van der Waals surface area contributed by atoms with E-state index in [0.717, 1.165) is 5.56 Å². The second-order valence-corrected chi connectivity index (χ2v) is 6.86. The Balaban J connectivity index is 1.69. The molecule has 112 valence electrons. The van der Waals surface area contributed by atoms with Crippen LogP contribution in [-0.2, 0) is 20.9 Å². The number of Topliss-reactive ketones (excluding diaryl/α,β-unsaturated/α-hetero) is 1. The van der Waals surface area contributed by atoms with Gasteiger partial charge in [-0.3, -0.25) is 24.2 Å². The van der Waals surface area contributed by atoms with E-state index in [2.05, 4.69) is 11.0 Å². The Morgan fingerprint density at radius 3 is 2.59 bits per heavy atom. The molecule has 2 amide bonds. The van der Waals surface area contributed by atoms with E-state index in [1.54, 1.807) is 7.05 Å². The number of carbonyl (C=O) groups excluding carboxylic acids is 3. The van der Waals surface area contributed by atoms with Gasteiger partial charge in [0.25, 0.3) is 0 Å². The van der Waals surface area contributed by atoms with Crippen LogP contribution in [0.2, 0.25) is 0 Å². The molecule has 5 aliphatic heterocycles. The lowest BCUT2D eigenvalue weighted by atomic mass is 9.84. The summed E-state index contributed by atoms with van der Waals surface area (Å²) in [5, 5.41) is 0. The lowest BCUT2D eigenvalue weighted by Gasteiger charge is -2.36. The van der Waals surface area contributed by atoms with Gasteiger partial charge in [0, 0.05) is 25.6 Å². The van der Waals surface area contributed by atoms with Crippen LogP contribution in [-0.4, -0.2) is 46.5 Å². The number of hydrogen-bond donors (Lipinski definition) is 0. The summed E-state index contributed by atoms with van der Waals surface area (Å²) in [6.07, 6.45) is 0.667. The normalized spacial score (nSPS) is 41.7. The van der Waals surface area contributed by atoms with E-state index in [4.69, 9.17) is 0 Å². The molecule has 0 spiro atoms. The number of imide groups is 1. The van der Waals surface area contributed by atoms with Gasteiger partial charge in [-0.05, 0) is 17.5 Å². The van der Waals surface area contributed by atoms with E-state index in [1.807, 2.05) is 18.2 Å². The van der Waals surface area contributed by atoms with Crippen molar-refractivity contribution in [2.45, 2.75) is 31.0 Å². The smallest absolute Gasteiger partial charge is 0.234 e. The van der Waals surface area contributed by atoms with Crippen LogP contribution in [0.4, 0.5) is 0 Å². The first-order chi connectivity index (χ1) is 10.6. The molecule has 0 saturated carbocycles. The third kappa shape index (κ3) is 1.23. The average molecular weight is 296 g/mol. The van der Waals surface area contributed by atoms with Gasteiger partial charge in [-0.2, -0.15) is 0 Å². The Morgan fingerprint density at radius 1 is 1.05 bits per heavy atom. The molecule has 5 heterocycles. The number of ketones is 1. The molecule has 22 heavy (non-hydrogen) atoms. The second-order valence-electron chi connectivity index (χ2n) is 6.86. The van der Waals surface area contributed by atoms with Crippen molar-refractivity contribution in [2.24, 2.45) is 11.8 Å². The minimum absolute atomic E-state index is 0.0199. The minimum Gasteiger partial charge on any atom is -0.297 e. The summed E-state index contributed by atoms with van der Waals surface area (Å²) in [6, 6.07) is 7.64. The van der Waals surface area contributed by atoms with Crippen LogP contribution >= 0.6 is 0 Å². The Kier molecular flexibility index (Phi) is 2.19. The molecule has 0 N–H and O–H groups in total. The van der Waals surface area contributed by atoms with Gasteiger partial charge in [0.1, 0.15) is 0 Å². The molecule has 3 fully saturated rings. The monoisotopic (exact) mass is 296 g/mol. The number of carbonyl (C=O) groups is 3. The molecule has 1 aromatic carbocycles. The van der Waals surface area contributed by atoms with Crippen molar-refractivity contribution in [2.75, 3.05) is 7.05 Å². The van der Waals surface area contributed by atoms with Gasteiger partial charge in [-0.1, -0.05) is 24.3 Å². The fourth-order valence-corrected chi connectivity index (χ4v) is 5.11. The Hall–Kier alpha value is -2.01. The molecule has 4 bridgehead atoms. The number of amides is 2. The average Bonchev–Trinajstić information content (AvgIpc) is 2.75. The Labute approximate surface area is 127 Å². The Morgan fingerprint density at radius 2 is 1.77 bits per heavy atom. The topological polar surface area (TPSA) is 57.7 Å². The number of piperidine rings is 1. The summed E-state index contributed by atoms with van der Waals surface area (Å²) in [5.74, 6) is -1.09. The molecule has 1 aromatic rings. The van der Waals surface area contributed by atoms with Gasteiger partial charge in [0.05, 0.1) is 17.9 Å². The zero-order chi connectivity index (χ0) is 15.2. The summed E-state index contributed by atoms with van der Waals surface area (Å²) in [7, 11) is 1.54. The summed E-state index contributed by atoms with van der Waals surface area (Å²) in [6.45, 7) is 0.672. The molecule has 3 saturated heterocycles. The van der Waals surface area contributed by atoms with Crippen molar-refractivity contribution >= 4 is 17.6 Å². The van der Waals surface area contributed by atoms with Crippen molar-refractivity contribution in [1.82, 2.24) is 9.80 Å². The van der Waals surface area contributed by atoms with Crippen LogP contribution in [0.25, 0.3) is 0 Å². The van der Waals surface area contributed by atoms with Gasteiger partial charge < -0.3 is 0 Å². The van der Waals surface area contributed by atoms with Crippen molar-refractivity contribution in [3.63, 3.8) is 0 Å². The lowest BCUT2D eigenvalue weighted by Crippen LogP contribution is -2.50. The first kappa shape index (κ1) is 12.5. The van der Waals surface area contributed by atoms with Crippen molar-refractivity contribution < 1.29 is 14.4 Å². The lowest BCUT2D eigenvalue weighted by molar-refractivity contribution is -0.143. The highest BCUT2D eigenvalue weighted by molar-refractivity contribution is 6.10. The van der Waals surface area contributed by atoms with Crippen LogP contribution in [0.3, 0.4) is 0 Å².